The van der Waals surface area contributed by atoms with Gasteiger partial charge in [-0.15, -0.1) is 0 Å². The number of benzene rings is 4. The molecule has 0 heterocycles. The third-order valence-electron chi connectivity index (χ3n) is 11.6. The molecule has 5 heteroatoms. The standard InChI is InChI=1S/C21H25.C12H19.2C6H4Cl.CH2.2ClH.Zr/c1-20(2,3)16-9-7-14-11-15-8-10-17(21(4,5)6)13-19(15)18(14)12-16;1-9(2)10-6-7-11(8-10)12(3,4)5;2*7-6-4-2-1-3-5-6;;;;/h7-13H,1-6H3;7-10H,1-5H3;2*1-2,4-5H;1H2;2*1H;/q;;;;;;;+2/p-2. The van der Waals surface area contributed by atoms with Crippen LogP contribution in [-0.2, 0) is 29.1 Å². The third kappa shape index (κ3) is 6.91. The predicted molar refractivity (Wildman–Crippen MR) is 214 cm³/mol. The normalized spacial score (nSPS) is 16.1. The van der Waals surface area contributed by atoms with E-state index in [1.807, 2.05) is 12.1 Å². The second kappa shape index (κ2) is 14.2. The molecule has 0 radical (unpaired) electrons. The van der Waals surface area contributed by atoms with Crippen molar-refractivity contribution in [3.63, 3.8) is 0 Å². The molecule has 270 valence electrons. The SMILES string of the molecule is [CH2]=[Zr+2]([C]1=CC(C(C)(C)C)=CC1C(C)C)([c]1cccc(Cl)c1)([c]1cccc(Cl)c1)[CH]1c2ccc(C(C)(C)C)cc2-c2cc(C(C)(C)C)ccc21.[Cl-].[Cl-]. The van der Waals surface area contributed by atoms with Gasteiger partial charge in [-0.25, -0.2) is 0 Å². The summed E-state index contributed by atoms with van der Waals surface area (Å²) in [4.78, 5) is 0. The Bertz CT molecular complexity index is 1980. The number of rotatable bonds is 5. The molecule has 4 aromatic carbocycles. The summed E-state index contributed by atoms with van der Waals surface area (Å²) >= 11 is 8.85. The average molecular weight is 840 g/mol. The molecule has 0 aromatic heterocycles. The van der Waals surface area contributed by atoms with Crippen LogP contribution in [0.4, 0.5) is 0 Å². The van der Waals surface area contributed by atoms with Crippen molar-refractivity contribution in [3.8, 4) is 11.1 Å². The fraction of sp³-hybridized carbons (Fsp3) is 0.370. The summed E-state index contributed by atoms with van der Waals surface area (Å²) in [5.74, 6) is 0.608. The number of hydrogen-bond acceptors (Lipinski definition) is 0. The van der Waals surface area contributed by atoms with Crippen molar-refractivity contribution in [1.82, 2.24) is 0 Å². The van der Waals surface area contributed by atoms with Gasteiger partial charge in [-0.05, 0) is 0 Å². The molecule has 0 aliphatic heterocycles. The smallest absolute Gasteiger partial charge is 1.00 e. The van der Waals surface area contributed by atoms with Crippen molar-refractivity contribution in [2.75, 3.05) is 0 Å². The van der Waals surface area contributed by atoms with Crippen LogP contribution in [0.3, 0.4) is 0 Å². The molecular weight excluding hydrogens is 786 g/mol. The van der Waals surface area contributed by atoms with Crippen LogP contribution in [0.5, 0.6) is 0 Å². The maximum absolute atomic E-state index is 7.03. The van der Waals surface area contributed by atoms with Gasteiger partial charge in [-0.3, -0.25) is 0 Å². The van der Waals surface area contributed by atoms with Gasteiger partial charge in [0.2, 0.25) is 0 Å². The molecule has 0 nitrogen and oxygen atoms in total. The van der Waals surface area contributed by atoms with Gasteiger partial charge in [-0.1, -0.05) is 0 Å². The maximum Gasteiger partial charge on any atom is -1.00 e. The van der Waals surface area contributed by atoms with Gasteiger partial charge in [0.1, 0.15) is 0 Å². The maximum atomic E-state index is 7.03. The molecule has 2 aliphatic rings. The molecular formula is C46H54Cl4Zr. The Morgan fingerprint density at radius 1 is 0.608 bits per heavy atom. The fourth-order valence-corrected chi connectivity index (χ4v) is 27.9. The van der Waals surface area contributed by atoms with Crippen LogP contribution in [0.25, 0.3) is 11.1 Å². The Morgan fingerprint density at radius 2 is 1.04 bits per heavy atom. The van der Waals surface area contributed by atoms with Gasteiger partial charge in [-0.2, -0.15) is 0 Å². The summed E-state index contributed by atoms with van der Waals surface area (Å²) in [6, 6.07) is 32.1. The van der Waals surface area contributed by atoms with Crippen molar-refractivity contribution in [3.05, 3.63) is 138 Å². The number of halogens is 4. The molecule has 1 atom stereocenters. The summed E-state index contributed by atoms with van der Waals surface area (Å²) in [6.45, 7) is 25.6. The van der Waals surface area contributed by atoms with E-state index in [1.54, 1.807) is 0 Å². The molecule has 1 unspecified atom stereocenters. The van der Waals surface area contributed by atoms with Crippen LogP contribution < -0.4 is 31.4 Å². The number of fused-ring (bicyclic) bond motifs is 3. The first-order valence-electron chi connectivity index (χ1n) is 17.9. The third-order valence-corrected chi connectivity index (χ3v) is 29.2. The van der Waals surface area contributed by atoms with Gasteiger partial charge < -0.3 is 24.8 Å². The fourth-order valence-electron chi connectivity index (χ4n) is 8.72. The van der Waals surface area contributed by atoms with Crippen LogP contribution in [0.15, 0.2) is 106 Å². The van der Waals surface area contributed by atoms with Crippen molar-refractivity contribution in [2.45, 2.75) is 90.6 Å². The summed E-state index contributed by atoms with van der Waals surface area (Å²) < 4.78 is 9.95. The molecule has 0 spiro atoms. The molecule has 0 bridgehead atoms. The molecule has 4 aromatic rings. The van der Waals surface area contributed by atoms with E-state index in [0.717, 1.165) is 10.0 Å². The van der Waals surface area contributed by atoms with Crippen LogP contribution in [-0.4, -0.2) is 4.21 Å². The van der Waals surface area contributed by atoms with Crippen molar-refractivity contribution in [2.24, 2.45) is 17.3 Å². The first-order chi connectivity index (χ1) is 22.7. The monoisotopic (exact) mass is 836 g/mol. The molecule has 0 amide bonds. The quantitative estimate of drug-likeness (QED) is 0.213. The Morgan fingerprint density at radius 3 is 1.39 bits per heavy atom. The Hall–Kier alpha value is -1.73. The van der Waals surface area contributed by atoms with Gasteiger partial charge in [0.25, 0.3) is 0 Å². The van der Waals surface area contributed by atoms with Gasteiger partial charge in [0.05, 0.1) is 0 Å². The van der Waals surface area contributed by atoms with Gasteiger partial charge in [0.15, 0.2) is 0 Å². The number of hydrogen-bond donors (Lipinski definition) is 0. The summed E-state index contributed by atoms with van der Waals surface area (Å²) in [6.07, 6.45) is 5.14. The summed E-state index contributed by atoms with van der Waals surface area (Å²) in [5, 5.41) is 1.49. The van der Waals surface area contributed by atoms with E-state index in [1.165, 1.54) is 48.8 Å². The first-order valence-corrected chi connectivity index (χ1v) is 25.5. The number of allylic oxidation sites excluding steroid dienone is 4. The van der Waals surface area contributed by atoms with E-state index >= 15 is 0 Å². The van der Waals surface area contributed by atoms with Crippen LogP contribution in [0.2, 0.25) is 10.0 Å². The molecule has 0 saturated carbocycles. The van der Waals surface area contributed by atoms with Crippen LogP contribution in [0.1, 0.15) is 102 Å². The van der Waals surface area contributed by atoms with Crippen molar-refractivity contribution in [1.29, 1.82) is 0 Å². The molecule has 0 saturated heterocycles. The topological polar surface area (TPSA) is 0 Å². The Kier molecular flexibility index (Phi) is 11.7. The zero-order chi connectivity index (χ0) is 35.9. The Balaban J connectivity index is 0.00000292. The van der Waals surface area contributed by atoms with E-state index in [4.69, 9.17) is 27.4 Å². The van der Waals surface area contributed by atoms with Crippen LogP contribution >= 0.6 is 23.2 Å². The van der Waals surface area contributed by atoms with Gasteiger partial charge >= 0.3 is 309 Å². The minimum absolute atomic E-state index is 0. The molecule has 51 heavy (non-hydrogen) atoms. The zero-order valence-corrected chi connectivity index (χ0v) is 37.7. The zero-order valence-electron chi connectivity index (χ0n) is 32.2. The molecule has 0 N–H and O–H groups in total. The van der Waals surface area contributed by atoms with E-state index in [2.05, 4.69) is 161 Å². The van der Waals surface area contributed by atoms with Crippen LogP contribution in [0, 0.1) is 17.3 Å². The second-order valence-electron chi connectivity index (χ2n) is 18.3. The second-order valence-corrected chi connectivity index (χ2v) is 32.5. The molecule has 2 aliphatic carbocycles. The molecule has 0 fully saturated rings. The van der Waals surface area contributed by atoms with Crippen molar-refractivity contribution < 1.29 is 43.1 Å². The minimum atomic E-state index is -5.22. The van der Waals surface area contributed by atoms with E-state index in [0.29, 0.717) is 5.92 Å². The summed E-state index contributed by atoms with van der Waals surface area (Å²) in [7, 11) is 0. The van der Waals surface area contributed by atoms with Crippen molar-refractivity contribution >= 4 is 34.0 Å². The first kappa shape index (κ1) is 42.0. The average Bonchev–Trinajstić information content (AvgIpc) is 3.61. The van der Waals surface area contributed by atoms with E-state index in [9.17, 15) is 0 Å². The van der Waals surface area contributed by atoms with Gasteiger partial charge in [0, 0.05) is 0 Å². The van der Waals surface area contributed by atoms with E-state index < -0.39 is 18.3 Å². The molecule has 6 rings (SSSR count). The Labute approximate surface area is 331 Å². The largest absolute Gasteiger partial charge is 1.00 e. The predicted octanol–water partition coefficient (Wildman–Crippen LogP) is 6.58. The summed E-state index contributed by atoms with van der Waals surface area (Å²) in [5.41, 5.74) is 9.54. The van der Waals surface area contributed by atoms with E-state index in [-0.39, 0.29) is 50.6 Å². The minimum Gasteiger partial charge on any atom is -1.00 e.